The molecule has 1 aliphatic heterocycles. The van der Waals surface area contributed by atoms with E-state index in [0.29, 0.717) is 0 Å². The van der Waals surface area contributed by atoms with Crippen molar-refractivity contribution in [3.63, 3.8) is 0 Å². The molecule has 0 radical (unpaired) electrons. The lowest BCUT2D eigenvalue weighted by atomic mass is 10.0. The number of nitrogens with zero attached hydrogens (tertiary/aromatic N) is 3. The van der Waals surface area contributed by atoms with Crippen molar-refractivity contribution in [3.05, 3.63) is 83.4 Å². The summed E-state index contributed by atoms with van der Waals surface area (Å²) in [5.74, 6) is 0. The Morgan fingerprint density at radius 3 is 2.96 bits per heavy atom. The number of pyridine rings is 1. The number of rotatable bonds is 5. The fraction of sp³-hybridized carbons (Fsp3) is 0.250. The Labute approximate surface area is 141 Å². The largest absolute Gasteiger partial charge is 0.516 e. The molecule has 0 spiro atoms. The quantitative estimate of drug-likeness (QED) is 0.732. The van der Waals surface area contributed by atoms with E-state index in [1.54, 1.807) is 6.08 Å². The molecule has 3 aromatic rings. The van der Waals surface area contributed by atoms with Crippen LogP contribution in [0.15, 0.2) is 61.1 Å². The minimum atomic E-state index is 0.784. The second kappa shape index (κ2) is 6.49. The van der Waals surface area contributed by atoms with Crippen molar-refractivity contribution in [1.82, 2.24) is 14.5 Å². The number of aromatic nitrogens is 2. The highest BCUT2D eigenvalue weighted by atomic mass is 16.2. The summed E-state index contributed by atoms with van der Waals surface area (Å²) in [5.41, 5.74) is 6.60. The number of aliphatic hydroxyl groups is 1. The second-order valence-corrected chi connectivity index (χ2v) is 6.35. The van der Waals surface area contributed by atoms with E-state index in [0.717, 1.165) is 38.7 Å². The third-order valence-corrected chi connectivity index (χ3v) is 4.72. The zero-order valence-electron chi connectivity index (χ0n) is 13.6. The molecule has 1 aliphatic rings. The summed E-state index contributed by atoms with van der Waals surface area (Å²) in [6.45, 7) is 3.06. The summed E-state index contributed by atoms with van der Waals surface area (Å²) in [6.07, 6.45) is 8.67. The van der Waals surface area contributed by atoms with Crippen LogP contribution in [0.1, 0.15) is 22.3 Å². The topological polar surface area (TPSA) is 40.8 Å². The summed E-state index contributed by atoms with van der Waals surface area (Å²) in [5, 5.41) is 13.2. The van der Waals surface area contributed by atoms with Gasteiger partial charge in [0.05, 0.1) is 18.0 Å². The molecule has 0 aliphatic carbocycles. The molecular formula is C20H21N3O. The normalized spacial score (nSPS) is 14.7. The molecule has 1 aromatic carbocycles. The van der Waals surface area contributed by atoms with E-state index >= 15 is 0 Å². The molecule has 122 valence electrons. The minimum Gasteiger partial charge on any atom is -0.516 e. The number of benzene rings is 1. The van der Waals surface area contributed by atoms with Gasteiger partial charge < -0.3 is 5.11 Å². The molecule has 0 unspecified atom stereocenters. The third-order valence-electron chi connectivity index (χ3n) is 4.72. The highest BCUT2D eigenvalue weighted by Crippen LogP contribution is 2.24. The highest BCUT2D eigenvalue weighted by Gasteiger charge is 2.19. The Morgan fingerprint density at radius 1 is 1.12 bits per heavy atom. The predicted molar refractivity (Wildman–Crippen MR) is 94.9 cm³/mol. The average molecular weight is 319 g/mol. The first-order chi connectivity index (χ1) is 11.8. The van der Waals surface area contributed by atoms with Crippen LogP contribution in [0.2, 0.25) is 0 Å². The van der Waals surface area contributed by atoms with Crippen LogP contribution in [0.3, 0.4) is 0 Å². The maximum atomic E-state index is 8.80. The first-order valence-electron chi connectivity index (χ1n) is 8.37. The van der Waals surface area contributed by atoms with Crippen molar-refractivity contribution in [1.29, 1.82) is 0 Å². The summed E-state index contributed by atoms with van der Waals surface area (Å²) >= 11 is 0. The number of hydrogen-bond donors (Lipinski definition) is 1. The molecular weight excluding hydrogens is 298 g/mol. The van der Waals surface area contributed by atoms with Crippen molar-refractivity contribution in [2.24, 2.45) is 0 Å². The first kappa shape index (κ1) is 15.0. The van der Waals surface area contributed by atoms with Gasteiger partial charge in [0.1, 0.15) is 0 Å². The van der Waals surface area contributed by atoms with Gasteiger partial charge in [0, 0.05) is 25.8 Å². The predicted octanol–water partition coefficient (Wildman–Crippen LogP) is 3.51. The minimum absolute atomic E-state index is 0.784. The van der Waals surface area contributed by atoms with Gasteiger partial charge in [-0.05, 0) is 53.3 Å². The Hall–Kier alpha value is -2.59. The second-order valence-electron chi connectivity index (χ2n) is 6.35. The van der Waals surface area contributed by atoms with E-state index in [1.165, 1.54) is 27.8 Å². The van der Waals surface area contributed by atoms with Gasteiger partial charge in [-0.1, -0.05) is 24.3 Å². The molecule has 3 heterocycles. The maximum absolute atomic E-state index is 8.80. The molecule has 2 aromatic heterocycles. The lowest BCUT2D eigenvalue weighted by Crippen LogP contribution is -2.19. The van der Waals surface area contributed by atoms with E-state index < -0.39 is 0 Å². The fourth-order valence-electron chi connectivity index (χ4n) is 3.45. The lowest BCUT2D eigenvalue weighted by Gasteiger charge is -2.13. The van der Waals surface area contributed by atoms with Crippen LogP contribution >= 0.6 is 0 Å². The van der Waals surface area contributed by atoms with Gasteiger partial charge in [0.15, 0.2) is 0 Å². The van der Waals surface area contributed by atoms with Gasteiger partial charge >= 0.3 is 0 Å². The molecule has 0 amide bonds. The SMILES string of the molecule is OC=CCc1ccc2c(c1)CN(CCc1cnn3ccccc13)C2. The number of fused-ring (bicyclic) bond motifs is 2. The van der Waals surface area contributed by atoms with E-state index in [-0.39, 0.29) is 0 Å². The Morgan fingerprint density at radius 2 is 2.04 bits per heavy atom. The van der Waals surface area contributed by atoms with Crippen molar-refractivity contribution in [2.75, 3.05) is 6.54 Å². The summed E-state index contributed by atoms with van der Waals surface area (Å²) in [6, 6.07) is 12.9. The monoisotopic (exact) mass is 319 g/mol. The Bertz CT molecular complexity index is 881. The van der Waals surface area contributed by atoms with E-state index in [2.05, 4.69) is 40.3 Å². The molecule has 4 heteroatoms. The third kappa shape index (κ3) is 2.93. The smallest absolute Gasteiger partial charge is 0.0755 e. The van der Waals surface area contributed by atoms with Crippen LogP contribution < -0.4 is 0 Å². The first-order valence-corrected chi connectivity index (χ1v) is 8.37. The van der Waals surface area contributed by atoms with Crippen LogP contribution in [0.25, 0.3) is 5.52 Å². The zero-order chi connectivity index (χ0) is 16.4. The molecule has 24 heavy (non-hydrogen) atoms. The van der Waals surface area contributed by atoms with Gasteiger partial charge in [0.2, 0.25) is 0 Å². The summed E-state index contributed by atoms with van der Waals surface area (Å²) in [7, 11) is 0. The van der Waals surface area contributed by atoms with E-state index in [4.69, 9.17) is 5.11 Å². The van der Waals surface area contributed by atoms with Crippen molar-refractivity contribution < 1.29 is 5.11 Å². The standard InChI is InChI=1S/C20H21N3O/c24-11-3-4-16-6-7-18-14-22(15-19(18)12-16)10-8-17-13-21-23-9-2-1-5-20(17)23/h1-3,5-7,9,11-13,24H,4,8,10,14-15H2. The van der Waals surface area contributed by atoms with E-state index in [9.17, 15) is 0 Å². The number of hydrogen-bond acceptors (Lipinski definition) is 3. The molecule has 1 N–H and O–H groups in total. The molecule has 0 atom stereocenters. The molecule has 0 saturated heterocycles. The zero-order valence-corrected chi connectivity index (χ0v) is 13.6. The van der Waals surface area contributed by atoms with Crippen LogP contribution in [0, 0.1) is 0 Å². The van der Waals surface area contributed by atoms with Gasteiger partial charge in [-0.3, -0.25) is 4.90 Å². The fourth-order valence-corrected chi connectivity index (χ4v) is 3.45. The van der Waals surface area contributed by atoms with Gasteiger partial charge in [-0.2, -0.15) is 5.10 Å². The molecule has 4 nitrogen and oxygen atoms in total. The van der Waals surface area contributed by atoms with Gasteiger partial charge in [-0.25, -0.2) is 4.52 Å². The van der Waals surface area contributed by atoms with Crippen LogP contribution in [0.5, 0.6) is 0 Å². The average Bonchev–Trinajstić information content (AvgIpc) is 3.21. The van der Waals surface area contributed by atoms with E-state index in [1.807, 2.05) is 23.0 Å². The van der Waals surface area contributed by atoms with Crippen LogP contribution in [-0.4, -0.2) is 26.2 Å². The maximum Gasteiger partial charge on any atom is 0.0755 e. The Kier molecular flexibility index (Phi) is 4.05. The van der Waals surface area contributed by atoms with Gasteiger partial charge in [-0.15, -0.1) is 0 Å². The molecule has 0 bridgehead atoms. The van der Waals surface area contributed by atoms with Crippen molar-refractivity contribution >= 4 is 5.52 Å². The molecule has 0 fully saturated rings. The van der Waals surface area contributed by atoms with Crippen molar-refractivity contribution in [2.45, 2.75) is 25.9 Å². The summed E-state index contributed by atoms with van der Waals surface area (Å²) in [4.78, 5) is 2.49. The van der Waals surface area contributed by atoms with Crippen molar-refractivity contribution in [3.8, 4) is 0 Å². The number of aliphatic hydroxyl groups excluding tert-OH is 1. The number of allylic oxidation sites excluding steroid dienone is 1. The highest BCUT2D eigenvalue weighted by molar-refractivity contribution is 5.53. The van der Waals surface area contributed by atoms with Crippen LogP contribution in [0.4, 0.5) is 0 Å². The van der Waals surface area contributed by atoms with Crippen LogP contribution in [-0.2, 0) is 25.9 Å². The Balaban J connectivity index is 1.42. The molecule has 4 rings (SSSR count). The van der Waals surface area contributed by atoms with Gasteiger partial charge in [0.25, 0.3) is 0 Å². The lowest BCUT2D eigenvalue weighted by molar-refractivity contribution is 0.288. The summed E-state index contributed by atoms with van der Waals surface area (Å²) < 4.78 is 1.94. The molecule has 0 saturated carbocycles.